The predicted molar refractivity (Wildman–Crippen MR) is 183 cm³/mol. The summed E-state index contributed by atoms with van der Waals surface area (Å²) in [6.07, 6.45) is 6.01. The van der Waals surface area contributed by atoms with Crippen LogP contribution in [0.25, 0.3) is 6.08 Å². The van der Waals surface area contributed by atoms with Gasteiger partial charge in [-0.25, -0.2) is 39.5 Å². The highest BCUT2D eigenvalue weighted by Crippen LogP contribution is 2.39. The first-order valence-electron chi connectivity index (χ1n) is 17.4. The molecule has 0 saturated heterocycles. The molecule has 0 aliphatic rings. The minimum absolute atomic E-state index is 0.198. The van der Waals surface area contributed by atoms with Gasteiger partial charge >= 0.3 is 7.32 Å². The number of halogens is 15. The van der Waals surface area contributed by atoms with Crippen LogP contribution < -0.4 is 18.4 Å². The SMILES string of the molecule is C=Cc1ccc(OB(Oc2c(F)c(F)c(F)c(F)c2F)Oc2c(F)c(F)c(F)c(F)c2F)c([N+](CCCC)(CCCC)CCCC)c1.Fc1[c-]c(F)c(F)c(F)c1F. The van der Waals surface area contributed by atoms with E-state index in [1.807, 2.05) is 20.8 Å². The Morgan fingerprint density at radius 3 is 1.21 bits per heavy atom. The molecule has 0 aliphatic carbocycles. The van der Waals surface area contributed by atoms with Crippen LogP contribution in [0.4, 0.5) is 71.5 Å². The molecule has 58 heavy (non-hydrogen) atoms. The largest absolute Gasteiger partial charge is 0.864 e. The van der Waals surface area contributed by atoms with Crippen molar-refractivity contribution in [3.63, 3.8) is 0 Å². The Morgan fingerprint density at radius 1 is 0.517 bits per heavy atom. The van der Waals surface area contributed by atoms with Crippen LogP contribution in [0.2, 0.25) is 0 Å². The summed E-state index contributed by atoms with van der Waals surface area (Å²) >= 11 is 0. The van der Waals surface area contributed by atoms with E-state index >= 15 is 0 Å². The van der Waals surface area contributed by atoms with Crippen LogP contribution in [-0.4, -0.2) is 27.0 Å². The molecule has 20 heteroatoms. The third-order valence-electron chi connectivity index (χ3n) is 8.53. The van der Waals surface area contributed by atoms with Gasteiger partial charge < -0.3 is 14.0 Å². The van der Waals surface area contributed by atoms with Gasteiger partial charge in [0, 0.05) is 6.07 Å². The minimum Gasteiger partial charge on any atom is -0.484 e. The van der Waals surface area contributed by atoms with Crippen molar-refractivity contribution in [1.29, 1.82) is 0 Å². The third-order valence-corrected chi connectivity index (χ3v) is 8.53. The number of unbranched alkanes of at least 4 members (excludes halogenated alkanes) is 3. The molecule has 4 nitrogen and oxygen atoms in total. The lowest BCUT2D eigenvalue weighted by Crippen LogP contribution is -2.52. The van der Waals surface area contributed by atoms with Crippen molar-refractivity contribution in [3.05, 3.63) is 124 Å². The summed E-state index contributed by atoms with van der Waals surface area (Å²) in [4.78, 5) is 0. The zero-order valence-electron chi connectivity index (χ0n) is 30.8. The first-order chi connectivity index (χ1) is 27.3. The monoisotopic (exact) mass is 847 g/mol. The summed E-state index contributed by atoms with van der Waals surface area (Å²) in [5, 5.41) is 0. The molecule has 4 rings (SSSR count). The lowest BCUT2D eigenvalue weighted by atomic mass is 10.1. The van der Waals surface area contributed by atoms with Gasteiger partial charge in [0.2, 0.25) is 58.2 Å². The molecule has 0 amide bonds. The number of hydrogen-bond donors (Lipinski definition) is 0. The van der Waals surface area contributed by atoms with Crippen LogP contribution >= 0.6 is 0 Å². The number of quaternary nitrogens is 1. The predicted octanol–water partition coefficient (Wildman–Crippen LogP) is 12.1. The second kappa shape index (κ2) is 20.6. The van der Waals surface area contributed by atoms with Crippen LogP contribution in [-0.2, 0) is 0 Å². The van der Waals surface area contributed by atoms with Gasteiger partial charge in [-0.05, 0) is 30.9 Å². The van der Waals surface area contributed by atoms with E-state index < -0.39 is 106 Å². The van der Waals surface area contributed by atoms with Gasteiger partial charge in [-0.3, -0.25) is 13.3 Å². The van der Waals surface area contributed by atoms with Crippen molar-refractivity contribution >= 4 is 19.1 Å². The Kier molecular flexibility index (Phi) is 16.8. The average molecular weight is 847 g/mol. The molecule has 316 valence electrons. The van der Waals surface area contributed by atoms with Crippen molar-refractivity contribution in [2.75, 3.05) is 19.6 Å². The van der Waals surface area contributed by atoms with Gasteiger partial charge in [0.1, 0.15) is 0 Å². The summed E-state index contributed by atoms with van der Waals surface area (Å²) in [7, 11) is -2.87. The number of benzene rings is 4. The molecule has 0 unspecified atom stereocenters. The molecule has 0 aromatic heterocycles. The van der Waals surface area contributed by atoms with Gasteiger partial charge in [-0.2, -0.15) is 17.6 Å². The summed E-state index contributed by atoms with van der Waals surface area (Å²) in [6.45, 7) is 11.3. The number of hydrogen-bond acceptors (Lipinski definition) is 3. The standard InChI is InChI=1S/C32H33BF10NO3.C6F5/c1-5-9-14-44(15-10-6-2,16-11-7-3)19-17-18(8-4)12-13-20(19)45-33(46-31-27(40)23(36)21(34)24(37)28(31)41)47-32-29(42)25(38)22(35)26(39)30(32)43;7-2-1-3(8)5(10)6(11)4(2)9/h8,12-13,17H,4-7,9-11,14-16H2,1-3H3;/q+1;-1. The summed E-state index contributed by atoms with van der Waals surface area (Å²) in [5.41, 5.74) is 0.988. The summed E-state index contributed by atoms with van der Waals surface area (Å²) in [5.74, 6) is -39.2. The van der Waals surface area contributed by atoms with E-state index in [-0.39, 0.29) is 10.2 Å². The average Bonchev–Trinajstić information content (AvgIpc) is 3.22. The summed E-state index contributed by atoms with van der Waals surface area (Å²) in [6, 6.07) is 5.47. The van der Waals surface area contributed by atoms with Crippen LogP contribution in [0.5, 0.6) is 17.2 Å². The highest BCUT2D eigenvalue weighted by molar-refractivity contribution is 6.39. The lowest BCUT2D eigenvalue weighted by molar-refractivity contribution is 0.240. The fraction of sp³-hybridized carbons (Fsp3) is 0.316. The quantitative estimate of drug-likeness (QED) is 0.0265. The van der Waals surface area contributed by atoms with Gasteiger partial charge in [-0.1, -0.05) is 58.8 Å². The Hall–Kier alpha value is -5.01. The van der Waals surface area contributed by atoms with E-state index in [9.17, 15) is 65.9 Å². The van der Waals surface area contributed by atoms with Gasteiger partial charge in [-0.15, -0.1) is 6.07 Å². The fourth-order valence-corrected chi connectivity index (χ4v) is 5.45. The molecule has 0 bridgehead atoms. The van der Waals surface area contributed by atoms with Gasteiger partial charge in [0.25, 0.3) is 0 Å². The summed E-state index contributed by atoms with van der Waals surface area (Å²) < 4.78 is 218. The Balaban J connectivity index is 0.000000703. The van der Waals surface area contributed by atoms with E-state index in [0.29, 0.717) is 30.9 Å². The molecule has 0 radical (unpaired) electrons. The maximum Gasteiger partial charge on any atom is 0.864 e. The first-order valence-corrected chi connectivity index (χ1v) is 17.4. The highest BCUT2D eigenvalue weighted by Gasteiger charge is 2.42. The molecule has 4 aromatic rings. The Morgan fingerprint density at radius 2 is 0.862 bits per heavy atom. The first kappa shape index (κ1) is 47.4. The zero-order chi connectivity index (χ0) is 43.6. The molecule has 0 heterocycles. The molecule has 0 aliphatic heterocycles. The Labute approximate surface area is 323 Å². The zero-order valence-corrected chi connectivity index (χ0v) is 30.8. The van der Waals surface area contributed by atoms with Crippen LogP contribution in [0.1, 0.15) is 64.9 Å². The molecule has 0 atom stereocenters. The van der Waals surface area contributed by atoms with Crippen molar-refractivity contribution in [1.82, 2.24) is 4.48 Å². The van der Waals surface area contributed by atoms with E-state index in [0.717, 1.165) is 44.6 Å². The molecule has 0 fully saturated rings. The van der Waals surface area contributed by atoms with Gasteiger partial charge in [0.15, 0.2) is 22.9 Å². The Bertz CT molecular complexity index is 1930. The van der Waals surface area contributed by atoms with Crippen molar-refractivity contribution in [2.24, 2.45) is 0 Å². The fourth-order valence-electron chi connectivity index (χ4n) is 5.45. The van der Waals surface area contributed by atoms with Crippen LogP contribution in [0.15, 0.2) is 24.8 Å². The molecule has 0 N–H and O–H groups in total. The molecule has 0 spiro atoms. The normalized spacial score (nSPS) is 11.3. The second-order valence-electron chi connectivity index (χ2n) is 12.4. The molecular weight excluding hydrogens is 814 g/mol. The van der Waals surface area contributed by atoms with Crippen LogP contribution in [0.3, 0.4) is 0 Å². The molecule has 4 aromatic carbocycles. The molecule has 0 saturated carbocycles. The van der Waals surface area contributed by atoms with Crippen molar-refractivity contribution < 1.29 is 79.8 Å². The maximum atomic E-state index is 14.7. The lowest BCUT2D eigenvalue weighted by Gasteiger charge is -2.40. The van der Waals surface area contributed by atoms with E-state index in [4.69, 9.17) is 14.0 Å². The van der Waals surface area contributed by atoms with Crippen molar-refractivity contribution in [3.8, 4) is 17.2 Å². The second-order valence-corrected chi connectivity index (χ2v) is 12.4. The van der Waals surface area contributed by atoms with Crippen LogP contribution in [0, 0.1) is 93.3 Å². The number of nitrogens with zero attached hydrogens (tertiary/aromatic N) is 1. The van der Waals surface area contributed by atoms with Gasteiger partial charge in [0.05, 0.1) is 48.7 Å². The highest BCUT2D eigenvalue weighted by atomic mass is 19.2. The minimum atomic E-state index is -2.87. The third kappa shape index (κ3) is 10.3. The van der Waals surface area contributed by atoms with E-state index in [1.165, 1.54) is 18.2 Å². The van der Waals surface area contributed by atoms with E-state index in [2.05, 4.69) is 6.58 Å². The molecular formula is C38H33BF15NO3. The maximum absolute atomic E-state index is 14.7. The topological polar surface area (TPSA) is 27.7 Å². The smallest absolute Gasteiger partial charge is 0.484 e. The van der Waals surface area contributed by atoms with E-state index in [1.54, 1.807) is 6.07 Å². The van der Waals surface area contributed by atoms with Crippen molar-refractivity contribution in [2.45, 2.75) is 59.3 Å². The number of rotatable bonds is 17.